The fourth-order valence-corrected chi connectivity index (χ4v) is 4.36. The smallest absolute Gasteiger partial charge is 0.183 e. The van der Waals surface area contributed by atoms with E-state index in [2.05, 4.69) is 0 Å². The molecule has 0 aliphatic carbocycles. The van der Waals surface area contributed by atoms with Crippen molar-refractivity contribution in [2.45, 2.75) is 17.6 Å². The van der Waals surface area contributed by atoms with Crippen LogP contribution in [-0.4, -0.2) is 8.42 Å². The number of hydrogen-bond acceptors (Lipinski definition) is 4. The number of benzene rings is 1. The third kappa shape index (κ3) is 2.68. The van der Waals surface area contributed by atoms with Crippen LogP contribution < -0.4 is 5.73 Å². The lowest BCUT2D eigenvalue weighted by molar-refractivity contribution is 0.595. The van der Waals surface area contributed by atoms with Crippen LogP contribution >= 0.6 is 11.3 Å². The standard InChI is InChI=1S/C12H13NO2S2/c1-9-7-10(13)4-5-12(9)17(14,15)8-11-3-2-6-16-11/h2-7H,8,13H2,1H3. The molecule has 0 aliphatic rings. The summed E-state index contributed by atoms with van der Waals surface area (Å²) >= 11 is 1.45. The third-order valence-corrected chi connectivity index (χ3v) is 5.32. The summed E-state index contributed by atoms with van der Waals surface area (Å²) < 4.78 is 24.4. The molecule has 17 heavy (non-hydrogen) atoms. The van der Waals surface area contributed by atoms with Crippen molar-refractivity contribution in [2.24, 2.45) is 0 Å². The molecule has 3 nitrogen and oxygen atoms in total. The second-order valence-electron chi connectivity index (χ2n) is 3.86. The molecule has 2 aromatic rings. The Balaban J connectivity index is 2.38. The lowest BCUT2D eigenvalue weighted by Crippen LogP contribution is -2.06. The van der Waals surface area contributed by atoms with Crippen LogP contribution in [0.4, 0.5) is 5.69 Å². The first-order valence-corrected chi connectivity index (χ1v) is 7.63. The van der Waals surface area contributed by atoms with Crippen molar-refractivity contribution in [3.05, 3.63) is 46.2 Å². The molecule has 1 heterocycles. The van der Waals surface area contributed by atoms with Crippen molar-refractivity contribution >= 4 is 26.9 Å². The van der Waals surface area contributed by atoms with E-state index in [-0.39, 0.29) is 5.75 Å². The zero-order valence-electron chi connectivity index (χ0n) is 9.38. The Hall–Kier alpha value is -1.33. The summed E-state index contributed by atoms with van der Waals surface area (Å²) in [6, 6.07) is 8.56. The minimum absolute atomic E-state index is 0.0510. The molecule has 5 heteroatoms. The molecule has 0 radical (unpaired) electrons. The van der Waals surface area contributed by atoms with Gasteiger partial charge in [-0.1, -0.05) is 6.07 Å². The van der Waals surface area contributed by atoms with Gasteiger partial charge < -0.3 is 5.73 Å². The fourth-order valence-electron chi connectivity index (χ4n) is 1.68. The minimum Gasteiger partial charge on any atom is -0.399 e. The van der Waals surface area contributed by atoms with Gasteiger partial charge in [-0.05, 0) is 42.1 Å². The number of rotatable bonds is 3. The van der Waals surface area contributed by atoms with Gasteiger partial charge in [-0.2, -0.15) is 0 Å². The van der Waals surface area contributed by atoms with Crippen molar-refractivity contribution in [3.8, 4) is 0 Å². The maximum atomic E-state index is 12.2. The van der Waals surface area contributed by atoms with Gasteiger partial charge in [0, 0.05) is 10.6 Å². The fraction of sp³-hybridized carbons (Fsp3) is 0.167. The average molecular weight is 267 g/mol. The molecule has 0 bridgehead atoms. The van der Waals surface area contributed by atoms with E-state index in [1.807, 2.05) is 17.5 Å². The second-order valence-corrected chi connectivity index (χ2v) is 6.85. The molecule has 90 valence electrons. The molecular weight excluding hydrogens is 254 g/mol. The van der Waals surface area contributed by atoms with Crippen LogP contribution in [0.3, 0.4) is 0 Å². The zero-order valence-corrected chi connectivity index (χ0v) is 11.0. The number of hydrogen-bond donors (Lipinski definition) is 1. The normalized spacial score (nSPS) is 11.6. The van der Waals surface area contributed by atoms with Crippen LogP contribution in [0.15, 0.2) is 40.6 Å². The molecule has 0 fully saturated rings. The SMILES string of the molecule is Cc1cc(N)ccc1S(=O)(=O)Cc1cccs1. The maximum absolute atomic E-state index is 12.2. The molecule has 0 saturated carbocycles. The molecule has 0 saturated heterocycles. The van der Waals surface area contributed by atoms with E-state index in [1.165, 1.54) is 11.3 Å². The summed E-state index contributed by atoms with van der Waals surface area (Å²) in [5, 5.41) is 1.88. The van der Waals surface area contributed by atoms with Gasteiger partial charge in [0.2, 0.25) is 0 Å². The third-order valence-electron chi connectivity index (χ3n) is 2.45. The van der Waals surface area contributed by atoms with Crippen molar-refractivity contribution in [1.82, 2.24) is 0 Å². The Bertz CT molecular complexity index is 616. The lowest BCUT2D eigenvalue weighted by atomic mass is 10.2. The predicted molar refractivity (Wildman–Crippen MR) is 70.8 cm³/mol. The highest BCUT2D eigenvalue weighted by molar-refractivity contribution is 7.90. The minimum atomic E-state index is -3.28. The summed E-state index contributed by atoms with van der Waals surface area (Å²) in [5.74, 6) is 0.0510. The Morgan fingerprint density at radius 2 is 2.06 bits per heavy atom. The van der Waals surface area contributed by atoms with Crippen molar-refractivity contribution in [1.29, 1.82) is 0 Å². The van der Waals surface area contributed by atoms with Crippen LogP contribution in [0.5, 0.6) is 0 Å². The average Bonchev–Trinajstić information content (AvgIpc) is 2.68. The Morgan fingerprint density at radius 1 is 1.29 bits per heavy atom. The lowest BCUT2D eigenvalue weighted by Gasteiger charge is -2.07. The molecule has 2 rings (SSSR count). The van der Waals surface area contributed by atoms with Crippen LogP contribution in [0.25, 0.3) is 0 Å². The topological polar surface area (TPSA) is 60.2 Å². The molecule has 2 N–H and O–H groups in total. The van der Waals surface area contributed by atoms with Gasteiger partial charge in [0.15, 0.2) is 9.84 Å². The van der Waals surface area contributed by atoms with E-state index in [4.69, 9.17) is 5.73 Å². The van der Waals surface area contributed by atoms with E-state index in [0.717, 1.165) is 4.88 Å². The van der Waals surface area contributed by atoms with Crippen molar-refractivity contribution < 1.29 is 8.42 Å². The van der Waals surface area contributed by atoms with Crippen molar-refractivity contribution in [3.63, 3.8) is 0 Å². The summed E-state index contributed by atoms with van der Waals surface area (Å²) in [4.78, 5) is 1.21. The van der Waals surface area contributed by atoms with E-state index >= 15 is 0 Å². The van der Waals surface area contributed by atoms with Crippen LogP contribution in [0.2, 0.25) is 0 Å². The highest BCUT2D eigenvalue weighted by Gasteiger charge is 2.18. The van der Waals surface area contributed by atoms with E-state index in [1.54, 1.807) is 25.1 Å². The number of nitrogen functional groups attached to an aromatic ring is 1. The largest absolute Gasteiger partial charge is 0.399 e. The van der Waals surface area contributed by atoms with E-state index < -0.39 is 9.84 Å². The molecule has 1 aromatic heterocycles. The van der Waals surface area contributed by atoms with Crippen molar-refractivity contribution in [2.75, 3.05) is 5.73 Å². The van der Waals surface area contributed by atoms with Crippen LogP contribution in [-0.2, 0) is 15.6 Å². The summed E-state index contributed by atoms with van der Waals surface area (Å²) in [5.41, 5.74) is 6.89. The molecule has 0 amide bonds. The van der Waals surface area contributed by atoms with E-state index in [9.17, 15) is 8.42 Å². The number of aryl methyl sites for hydroxylation is 1. The Kier molecular flexibility index (Phi) is 3.22. The first-order chi connectivity index (χ1) is 7.99. The quantitative estimate of drug-likeness (QED) is 0.870. The molecular formula is C12H13NO2S2. The van der Waals surface area contributed by atoms with Gasteiger partial charge in [0.05, 0.1) is 10.6 Å². The molecule has 0 spiro atoms. The van der Waals surface area contributed by atoms with Gasteiger partial charge in [-0.15, -0.1) is 11.3 Å². The monoisotopic (exact) mass is 267 g/mol. The predicted octanol–water partition coefficient (Wildman–Crippen LogP) is 2.61. The first-order valence-electron chi connectivity index (χ1n) is 5.10. The van der Waals surface area contributed by atoms with Gasteiger partial charge >= 0.3 is 0 Å². The zero-order chi connectivity index (χ0) is 12.5. The highest BCUT2D eigenvalue weighted by atomic mass is 32.2. The number of thiophene rings is 1. The number of sulfone groups is 1. The van der Waals surface area contributed by atoms with Gasteiger partial charge in [-0.3, -0.25) is 0 Å². The summed E-state index contributed by atoms with van der Waals surface area (Å²) in [6.45, 7) is 1.76. The van der Waals surface area contributed by atoms with E-state index in [0.29, 0.717) is 16.1 Å². The molecule has 0 atom stereocenters. The summed E-state index contributed by atoms with van der Waals surface area (Å²) in [7, 11) is -3.28. The van der Waals surface area contributed by atoms with Gasteiger partial charge in [-0.25, -0.2) is 8.42 Å². The van der Waals surface area contributed by atoms with Gasteiger partial charge in [0.25, 0.3) is 0 Å². The Morgan fingerprint density at radius 3 is 2.65 bits per heavy atom. The van der Waals surface area contributed by atoms with Crippen LogP contribution in [0.1, 0.15) is 10.4 Å². The van der Waals surface area contributed by atoms with Crippen LogP contribution in [0, 0.1) is 6.92 Å². The molecule has 0 unspecified atom stereocenters. The first kappa shape index (κ1) is 12.1. The molecule has 1 aromatic carbocycles. The Labute approximate surface area is 105 Å². The summed E-state index contributed by atoms with van der Waals surface area (Å²) in [6.07, 6.45) is 0. The highest BCUT2D eigenvalue weighted by Crippen LogP contribution is 2.23. The molecule has 0 aliphatic heterocycles. The number of anilines is 1. The number of nitrogens with two attached hydrogens (primary N) is 1. The van der Waals surface area contributed by atoms with Gasteiger partial charge in [0.1, 0.15) is 0 Å². The maximum Gasteiger partial charge on any atom is 0.183 e. The second kappa shape index (κ2) is 4.50.